The molecule has 1 aliphatic carbocycles. The first-order chi connectivity index (χ1) is 9.81. The first-order valence-corrected chi connectivity index (χ1v) is 7.58. The molecule has 2 N–H and O–H groups in total. The van der Waals surface area contributed by atoms with Crippen LogP contribution in [0.1, 0.15) is 31.2 Å². The molecule has 1 aliphatic heterocycles. The quantitative estimate of drug-likeness (QED) is 0.885. The zero-order valence-electron chi connectivity index (χ0n) is 11.8. The number of hydrogen-bond donors (Lipinski definition) is 2. The normalized spacial score (nSPS) is 25.4. The van der Waals surface area contributed by atoms with Gasteiger partial charge in [-0.05, 0) is 49.4 Å². The van der Waals surface area contributed by atoms with Crippen molar-refractivity contribution in [1.82, 2.24) is 5.32 Å². The lowest BCUT2D eigenvalue weighted by Gasteiger charge is -2.26. The highest BCUT2D eigenvalue weighted by molar-refractivity contribution is 5.43. The number of rotatable bonds is 4. The van der Waals surface area contributed by atoms with Crippen LogP contribution in [0.2, 0.25) is 0 Å². The number of aliphatic hydroxyl groups is 1. The first kappa shape index (κ1) is 13.7. The van der Waals surface area contributed by atoms with Crippen molar-refractivity contribution in [2.75, 3.05) is 19.8 Å². The zero-order chi connectivity index (χ0) is 13.8. The fourth-order valence-corrected chi connectivity index (χ4v) is 3.07. The second-order valence-corrected chi connectivity index (χ2v) is 5.80. The Morgan fingerprint density at radius 3 is 2.85 bits per heavy atom. The molecule has 2 unspecified atom stereocenters. The molecule has 0 spiro atoms. The smallest absolute Gasteiger partial charge is 0.161 e. The van der Waals surface area contributed by atoms with Crippen LogP contribution in [0.4, 0.5) is 0 Å². The number of hydrogen-bond acceptors (Lipinski definition) is 4. The van der Waals surface area contributed by atoms with Gasteiger partial charge in [0.15, 0.2) is 11.5 Å². The van der Waals surface area contributed by atoms with Gasteiger partial charge in [0.2, 0.25) is 0 Å². The van der Waals surface area contributed by atoms with E-state index in [0.29, 0.717) is 19.1 Å². The number of fused-ring (bicyclic) bond motifs is 1. The molecule has 1 aromatic carbocycles. The van der Waals surface area contributed by atoms with Crippen molar-refractivity contribution < 1.29 is 14.6 Å². The number of aliphatic hydroxyl groups excluding tert-OH is 1. The Bertz CT molecular complexity index is 449. The third-order valence-corrected chi connectivity index (χ3v) is 4.12. The van der Waals surface area contributed by atoms with Crippen LogP contribution in [0.15, 0.2) is 18.2 Å². The van der Waals surface area contributed by atoms with E-state index in [1.165, 1.54) is 12.0 Å². The molecular weight excluding hydrogens is 254 g/mol. The molecule has 20 heavy (non-hydrogen) atoms. The van der Waals surface area contributed by atoms with E-state index in [1.807, 2.05) is 6.07 Å². The van der Waals surface area contributed by atoms with Gasteiger partial charge in [0, 0.05) is 6.54 Å². The third-order valence-electron chi connectivity index (χ3n) is 4.12. The minimum atomic E-state index is -0.0927. The molecule has 1 aromatic rings. The highest BCUT2D eigenvalue weighted by Crippen LogP contribution is 2.30. The van der Waals surface area contributed by atoms with Crippen LogP contribution in [0.25, 0.3) is 0 Å². The maximum Gasteiger partial charge on any atom is 0.161 e. The van der Waals surface area contributed by atoms with Gasteiger partial charge in [0.05, 0.1) is 6.10 Å². The summed E-state index contributed by atoms with van der Waals surface area (Å²) in [6.07, 6.45) is 4.19. The first-order valence-electron chi connectivity index (χ1n) is 7.58. The summed E-state index contributed by atoms with van der Waals surface area (Å²) in [6, 6.07) is 6.11. The van der Waals surface area contributed by atoms with E-state index in [0.717, 1.165) is 43.9 Å². The minimum Gasteiger partial charge on any atom is -0.486 e. The molecule has 0 radical (unpaired) electrons. The summed E-state index contributed by atoms with van der Waals surface area (Å²) in [4.78, 5) is 0. The van der Waals surface area contributed by atoms with Crippen molar-refractivity contribution in [2.24, 2.45) is 5.92 Å². The van der Waals surface area contributed by atoms with E-state index in [-0.39, 0.29) is 6.10 Å². The molecule has 1 fully saturated rings. The standard InChI is InChI=1S/C16H23NO3/c18-14-3-1-2-12(8-14)10-17-11-13-4-5-15-16(9-13)20-7-6-19-15/h4-5,9,12,14,17-18H,1-3,6-8,10-11H2. The molecule has 0 bridgehead atoms. The van der Waals surface area contributed by atoms with Crippen LogP contribution in [-0.2, 0) is 6.54 Å². The Kier molecular flexibility index (Phi) is 4.43. The second kappa shape index (κ2) is 6.46. The fraction of sp³-hybridized carbons (Fsp3) is 0.625. The maximum absolute atomic E-state index is 9.67. The summed E-state index contributed by atoms with van der Waals surface area (Å²) in [5, 5.41) is 13.2. The zero-order valence-corrected chi connectivity index (χ0v) is 11.8. The predicted molar refractivity (Wildman–Crippen MR) is 77.1 cm³/mol. The fourth-order valence-electron chi connectivity index (χ4n) is 3.07. The molecule has 4 heteroatoms. The molecule has 3 rings (SSSR count). The lowest BCUT2D eigenvalue weighted by Crippen LogP contribution is -2.28. The highest BCUT2D eigenvalue weighted by atomic mass is 16.6. The van der Waals surface area contributed by atoms with Crippen molar-refractivity contribution in [3.8, 4) is 11.5 Å². The topological polar surface area (TPSA) is 50.7 Å². The molecule has 4 nitrogen and oxygen atoms in total. The molecule has 0 saturated heterocycles. The molecule has 2 atom stereocenters. The maximum atomic E-state index is 9.67. The summed E-state index contributed by atoms with van der Waals surface area (Å²) in [7, 11) is 0. The van der Waals surface area contributed by atoms with E-state index in [2.05, 4.69) is 17.4 Å². The Morgan fingerprint density at radius 1 is 1.15 bits per heavy atom. The molecule has 0 amide bonds. The van der Waals surface area contributed by atoms with Gasteiger partial charge in [0.25, 0.3) is 0 Å². The SMILES string of the molecule is OC1CCCC(CNCc2ccc3c(c2)OCCO3)C1. The van der Waals surface area contributed by atoms with Crippen molar-refractivity contribution in [3.05, 3.63) is 23.8 Å². The van der Waals surface area contributed by atoms with E-state index in [9.17, 15) is 5.11 Å². The highest BCUT2D eigenvalue weighted by Gasteiger charge is 2.19. The van der Waals surface area contributed by atoms with Crippen LogP contribution in [0.3, 0.4) is 0 Å². The number of nitrogens with one attached hydrogen (secondary N) is 1. The van der Waals surface area contributed by atoms with Crippen molar-refractivity contribution >= 4 is 0 Å². The Balaban J connectivity index is 1.48. The molecule has 0 aromatic heterocycles. The van der Waals surface area contributed by atoms with Crippen LogP contribution >= 0.6 is 0 Å². The lowest BCUT2D eigenvalue weighted by molar-refractivity contribution is 0.101. The van der Waals surface area contributed by atoms with Crippen LogP contribution in [0.5, 0.6) is 11.5 Å². The van der Waals surface area contributed by atoms with Crippen LogP contribution in [-0.4, -0.2) is 31.0 Å². The van der Waals surface area contributed by atoms with E-state index in [4.69, 9.17) is 9.47 Å². The van der Waals surface area contributed by atoms with E-state index < -0.39 is 0 Å². The summed E-state index contributed by atoms with van der Waals surface area (Å²) < 4.78 is 11.1. The predicted octanol–water partition coefficient (Wildman–Crippen LogP) is 2.10. The van der Waals surface area contributed by atoms with Gasteiger partial charge in [-0.3, -0.25) is 0 Å². The molecule has 1 heterocycles. The van der Waals surface area contributed by atoms with E-state index >= 15 is 0 Å². The third kappa shape index (κ3) is 3.44. The van der Waals surface area contributed by atoms with Gasteiger partial charge in [-0.15, -0.1) is 0 Å². The summed E-state index contributed by atoms with van der Waals surface area (Å²) in [5.74, 6) is 2.30. The van der Waals surface area contributed by atoms with E-state index in [1.54, 1.807) is 0 Å². The van der Waals surface area contributed by atoms with Gasteiger partial charge < -0.3 is 19.9 Å². The summed E-state index contributed by atoms with van der Waals surface area (Å²) >= 11 is 0. The van der Waals surface area contributed by atoms with Gasteiger partial charge in [-0.2, -0.15) is 0 Å². The van der Waals surface area contributed by atoms with Crippen LogP contribution in [0, 0.1) is 5.92 Å². The summed E-state index contributed by atoms with van der Waals surface area (Å²) in [6.45, 7) is 3.08. The minimum absolute atomic E-state index is 0.0927. The van der Waals surface area contributed by atoms with Crippen molar-refractivity contribution in [3.63, 3.8) is 0 Å². The molecular formula is C16H23NO3. The molecule has 2 aliphatic rings. The van der Waals surface area contributed by atoms with Crippen molar-refractivity contribution in [2.45, 2.75) is 38.3 Å². The van der Waals surface area contributed by atoms with Gasteiger partial charge in [-0.25, -0.2) is 0 Å². The largest absolute Gasteiger partial charge is 0.486 e. The van der Waals surface area contributed by atoms with Crippen LogP contribution < -0.4 is 14.8 Å². The monoisotopic (exact) mass is 277 g/mol. The second-order valence-electron chi connectivity index (χ2n) is 5.80. The summed E-state index contributed by atoms with van der Waals surface area (Å²) in [5.41, 5.74) is 1.21. The Labute approximate surface area is 120 Å². The number of benzene rings is 1. The van der Waals surface area contributed by atoms with Gasteiger partial charge in [0.1, 0.15) is 13.2 Å². The van der Waals surface area contributed by atoms with Crippen molar-refractivity contribution in [1.29, 1.82) is 0 Å². The Hall–Kier alpha value is -1.26. The Morgan fingerprint density at radius 2 is 2.00 bits per heavy atom. The van der Waals surface area contributed by atoms with Gasteiger partial charge >= 0.3 is 0 Å². The molecule has 110 valence electrons. The number of ether oxygens (including phenoxy) is 2. The average molecular weight is 277 g/mol. The van der Waals surface area contributed by atoms with Gasteiger partial charge in [-0.1, -0.05) is 12.5 Å². The average Bonchev–Trinajstić information content (AvgIpc) is 2.47. The lowest BCUT2D eigenvalue weighted by atomic mass is 9.87. The molecule has 1 saturated carbocycles.